The van der Waals surface area contributed by atoms with Gasteiger partial charge in [-0.05, 0) is 44.9 Å². The molecule has 1 saturated carbocycles. The zero-order valence-corrected chi connectivity index (χ0v) is 16.9. The van der Waals surface area contributed by atoms with E-state index in [4.69, 9.17) is 10.5 Å². The van der Waals surface area contributed by atoms with Crippen LogP contribution in [0.4, 0.5) is 0 Å². The molecule has 4 fully saturated rings. The zero-order chi connectivity index (χ0) is 19.1. The summed E-state index contributed by atoms with van der Waals surface area (Å²) in [6, 6.07) is 0.195. The molecule has 0 aromatic rings. The molecular weight excluding hydrogens is 366 g/mol. The van der Waals surface area contributed by atoms with Gasteiger partial charge in [-0.2, -0.15) is 0 Å². The Hall–Kier alpha value is -0.870. The largest absolute Gasteiger partial charge is 0.368 e. The highest BCUT2D eigenvalue weighted by Crippen LogP contribution is 2.40. The van der Waals surface area contributed by atoms with Gasteiger partial charge in [0.15, 0.2) is 0 Å². The van der Waals surface area contributed by atoms with E-state index >= 15 is 0 Å². The van der Waals surface area contributed by atoms with Crippen molar-refractivity contribution in [2.45, 2.75) is 81.1 Å². The average Bonchev–Trinajstić information content (AvgIpc) is 3.31. The van der Waals surface area contributed by atoms with Gasteiger partial charge in [-0.3, -0.25) is 9.59 Å². The van der Waals surface area contributed by atoms with Crippen LogP contribution in [0.15, 0.2) is 0 Å². The van der Waals surface area contributed by atoms with Crippen molar-refractivity contribution in [2.75, 3.05) is 13.2 Å². The van der Waals surface area contributed by atoms with Crippen LogP contribution in [0.25, 0.3) is 0 Å². The highest BCUT2D eigenvalue weighted by Gasteiger charge is 2.49. The van der Waals surface area contributed by atoms with E-state index < -0.39 is 0 Å². The fourth-order valence-corrected chi connectivity index (χ4v) is 6.36. The Morgan fingerprint density at radius 2 is 2.00 bits per heavy atom. The lowest BCUT2D eigenvalue weighted by Crippen LogP contribution is -2.68. The van der Waals surface area contributed by atoms with Crippen molar-refractivity contribution in [3.8, 4) is 0 Å². The molecular formula is C18H31N5O3S. The van der Waals surface area contributed by atoms with Crippen LogP contribution in [0.5, 0.6) is 0 Å². The molecule has 3 aliphatic heterocycles. The molecule has 3 heterocycles. The minimum absolute atomic E-state index is 0.0414. The second-order valence-electron chi connectivity index (χ2n) is 8.24. The number of nitrogens with zero attached hydrogens (tertiary/aromatic N) is 2. The number of hydrogen-bond acceptors (Lipinski definition) is 7. The Morgan fingerprint density at radius 1 is 1.19 bits per heavy atom. The number of carbonyl (C=O) groups is 2. The first-order chi connectivity index (χ1) is 13.0. The number of thioether (sulfide) groups is 1. The topological polar surface area (TPSA) is 99.9 Å². The first-order valence-corrected chi connectivity index (χ1v) is 11.0. The van der Waals surface area contributed by atoms with Gasteiger partial charge in [0.1, 0.15) is 11.6 Å². The fourth-order valence-electron chi connectivity index (χ4n) is 5.31. The molecule has 0 aromatic heterocycles. The van der Waals surface area contributed by atoms with Crippen molar-refractivity contribution in [3.63, 3.8) is 0 Å². The Bertz CT molecular complexity index is 587. The van der Waals surface area contributed by atoms with Gasteiger partial charge >= 0.3 is 0 Å². The van der Waals surface area contributed by atoms with Gasteiger partial charge in [0.2, 0.25) is 5.91 Å². The second kappa shape index (κ2) is 7.87. The molecule has 7 atom stereocenters. The summed E-state index contributed by atoms with van der Waals surface area (Å²) >= 11 is 1.70. The van der Waals surface area contributed by atoms with Crippen molar-refractivity contribution < 1.29 is 14.3 Å². The van der Waals surface area contributed by atoms with E-state index in [9.17, 15) is 9.59 Å². The molecule has 152 valence electrons. The quantitative estimate of drug-likeness (QED) is 0.612. The number of nitrogens with two attached hydrogens (primary N) is 1. The number of rotatable bonds is 2. The first-order valence-electron chi connectivity index (χ1n) is 10.1. The van der Waals surface area contributed by atoms with E-state index in [0.717, 1.165) is 32.1 Å². The first kappa shape index (κ1) is 19.4. The van der Waals surface area contributed by atoms with Crippen LogP contribution >= 0.6 is 11.8 Å². The van der Waals surface area contributed by atoms with E-state index in [-0.39, 0.29) is 46.9 Å². The smallest absolute Gasteiger partial charge is 0.252 e. The molecule has 9 heteroatoms. The lowest BCUT2D eigenvalue weighted by Gasteiger charge is -2.54. The number of piperazine rings is 1. The third-order valence-electron chi connectivity index (χ3n) is 6.46. The highest BCUT2D eigenvalue weighted by molar-refractivity contribution is 8.00. The van der Waals surface area contributed by atoms with E-state index in [1.807, 2.05) is 9.80 Å². The van der Waals surface area contributed by atoms with Crippen LogP contribution in [-0.4, -0.2) is 69.9 Å². The van der Waals surface area contributed by atoms with Crippen LogP contribution in [0.1, 0.15) is 46.0 Å². The zero-order valence-electron chi connectivity index (χ0n) is 16.1. The van der Waals surface area contributed by atoms with Gasteiger partial charge in [0, 0.05) is 26.1 Å². The highest BCUT2D eigenvalue weighted by atomic mass is 32.2. The standard InChI is InChI=1S/C18H31N5O3S/c1-10-9-22(17(25)15-4-3-7-26-15)14-8-12(16-20-21-18(19)27-16)5-6-13(14)23(10)11(2)24/h10,12-16,18,20-21H,3-9,19H2,1-2H3/t10-,12?,13?,14?,15?,16?,18?/m0/s1. The average molecular weight is 398 g/mol. The van der Waals surface area contributed by atoms with Crippen molar-refractivity contribution in [1.29, 1.82) is 0 Å². The van der Waals surface area contributed by atoms with Crippen molar-refractivity contribution in [2.24, 2.45) is 11.7 Å². The second-order valence-corrected chi connectivity index (χ2v) is 9.53. The Kier molecular flexibility index (Phi) is 5.67. The van der Waals surface area contributed by atoms with Crippen molar-refractivity contribution >= 4 is 23.6 Å². The lowest BCUT2D eigenvalue weighted by molar-refractivity contribution is -0.160. The molecule has 4 aliphatic rings. The van der Waals surface area contributed by atoms with E-state index in [1.165, 1.54) is 0 Å². The number of amides is 2. The predicted molar refractivity (Wildman–Crippen MR) is 103 cm³/mol. The number of carbonyl (C=O) groups excluding carboxylic acids is 2. The summed E-state index contributed by atoms with van der Waals surface area (Å²) in [4.78, 5) is 29.6. The number of fused-ring (bicyclic) bond motifs is 1. The normalized spacial score (nSPS) is 42.3. The summed E-state index contributed by atoms with van der Waals surface area (Å²) in [7, 11) is 0. The van der Waals surface area contributed by atoms with E-state index in [0.29, 0.717) is 19.1 Å². The minimum atomic E-state index is -0.309. The minimum Gasteiger partial charge on any atom is -0.368 e. The predicted octanol–water partition coefficient (Wildman–Crippen LogP) is 0.191. The summed E-state index contributed by atoms with van der Waals surface area (Å²) in [6.07, 6.45) is 4.28. The SMILES string of the molecule is CC(=O)N1C2CCC(C3NNC(N)S3)CC2N(C(=O)C2CCCO2)C[C@@H]1C. The molecule has 27 heavy (non-hydrogen) atoms. The molecule has 0 aromatic carbocycles. The summed E-state index contributed by atoms with van der Waals surface area (Å²) in [5.41, 5.74) is 12.2. The van der Waals surface area contributed by atoms with Crippen LogP contribution < -0.4 is 16.6 Å². The monoisotopic (exact) mass is 397 g/mol. The molecule has 6 unspecified atom stereocenters. The maximum absolute atomic E-state index is 13.2. The van der Waals surface area contributed by atoms with Crippen molar-refractivity contribution in [3.05, 3.63) is 0 Å². The Labute approximate surface area is 164 Å². The van der Waals surface area contributed by atoms with Crippen LogP contribution in [0.2, 0.25) is 0 Å². The number of hydrogen-bond donors (Lipinski definition) is 3. The summed E-state index contributed by atoms with van der Waals surface area (Å²) in [5, 5.41) is 0.241. The molecule has 0 spiro atoms. The van der Waals surface area contributed by atoms with Gasteiger partial charge in [0.05, 0.1) is 17.5 Å². The summed E-state index contributed by atoms with van der Waals surface area (Å²) in [5.74, 6) is 0.636. The maximum Gasteiger partial charge on any atom is 0.252 e. The fraction of sp³-hybridized carbons (Fsp3) is 0.889. The van der Waals surface area contributed by atoms with Gasteiger partial charge in [0.25, 0.3) is 5.91 Å². The molecule has 0 radical (unpaired) electrons. The van der Waals surface area contributed by atoms with Gasteiger partial charge in [-0.1, -0.05) is 0 Å². The molecule has 2 amide bonds. The molecule has 4 rings (SSSR count). The number of ether oxygens (including phenoxy) is 1. The Morgan fingerprint density at radius 3 is 2.63 bits per heavy atom. The number of nitrogens with one attached hydrogen (secondary N) is 2. The number of hydrazine groups is 1. The summed E-state index contributed by atoms with van der Waals surface area (Å²) < 4.78 is 5.68. The molecule has 0 bridgehead atoms. The van der Waals surface area contributed by atoms with E-state index in [2.05, 4.69) is 17.8 Å². The summed E-state index contributed by atoms with van der Waals surface area (Å²) in [6.45, 7) is 4.96. The van der Waals surface area contributed by atoms with Gasteiger partial charge < -0.3 is 20.3 Å². The van der Waals surface area contributed by atoms with Gasteiger partial charge in [-0.25, -0.2) is 10.9 Å². The van der Waals surface area contributed by atoms with Crippen molar-refractivity contribution in [1.82, 2.24) is 20.7 Å². The third kappa shape index (κ3) is 3.72. The molecule has 8 nitrogen and oxygen atoms in total. The maximum atomic E-state index is 13.2. The molecule has 4 N–H and O–H groups in total. The lowest BCUT2D eigenvalue weighted by atomic mass is 9.78. The third-order valence-corrected chi connectivity index (χ3v) is 7.66. The Balaban J connectivity index is 1.55. The van der Waals surface area contributed by atoms with Crippen LogP contribution in [-0.2, 0) is 14.3 Å². The van der Waals surface area contributed by atoms with E-state index in [1.54, 1.807) is 18.7 Å². The van der Waals surface area contributed by atoms with Gasteiger partial charge in [-0.15, -0.1) is 11.8 Å². The molecule has 1 aliphatic carbocycles. The van der Waals surface area contributed by atoms with Crippen LogP contribution in [0.3, 0.4) is 0 Å². The van der Waals surface area contributed by atoms with Crippen LogP contribution in [0, 0.1) is 5.92 Å². The molecule has 3 saturated heterocycles.